The van der Waals surface area contributed by atoms with E-state index in [4.69, 9.17) is 4.74 Å². The van der Waals surface area contributed by atoms with E-state index in [9.17, 15) is 0 Å². The molecule has 0 spiro atoms. The van der Waals surface area contributed by atoms with Crippen molar-refractivity contribution in [2.45, 2.75) is 77.9 Å². The van der Waals surface area contributed by atoms with Gasteiger partial charge in [-0.15, -0.1) is 0 Å². The van der Waals surface area contributed by atoms with Crippen molar-refractivity contribution in [3.8, 4) is 0 Å². The summed E-state index contributed by atoms with van der Waals surface area (Å²) < 4.78 is 5.94. The first-order valence-electron chi connectivity index (χ1n) is 7.38. The van der Waals surface area contributed by atoms with Gasteiger partial charge in [0.05, 0.1) is 12.2 Å². The predicted octanol–water partition coefficient (Wildman–Crippen LogP) is 3.75. The fourth-order valence-corrected chi connectivity index (χ4v) is 2.56. The molecule has 1 N–H and O–H groups in total. The highest BCUT2D eigenvalue weighted by Gasteiger charge is 2.21. The van der Waals surface area contributed by atoms with Crippen molar-refractivity contribution in [3.05, 3.63) is 0 Å². The number of ether oxygens (including phenoxy) is 1. The second-order valence-electron chi connectivity index (χ2n) is 6.46. The minimum atomic E-state index is -0.0121. The van der Waals surface area contributed by atoms with E-state index in [2.05, 4.69) is 33.0 Å². The molecular weight excluding hydrogens is 210 g/mol. The number of nitrogens with one attached hydrogen (secondary N) is 1. The van der Waals surface area contributed by atoms with Gasteiger partial charge in [0.15, 0.2) is 0 Å². The topological polar surface area (TPSA) is 21.3 Å². The lowest BCUT2D eigenvalue weighted by Gasteiger charge is -2.27. The molecule has 1 saturated carbocycles. The fraction of sp³-hybridized carbons (Fsp3) is 1.00. The lowest BCUT2D eigenvalue weighted by atomic mass is 9.98. The molecule has 0 aromatic carbocycles. The van der Waals surface area contributed by atoms with E-state index in [-0.39, 0.29) is 5.60 Å². The van der Waals surface area contributed by atoms with Crippen molar-refractivity contribution >= 4 is 0 Å². The van der Waals surface area contributed by atoms with Crippen LogP contribution >= 0.6 is 0 Å². The highest BCUT2D eigenvalue weighted by molar-refractivity contribution is 4.76. The summed E-state index contributed by atoms with van der Waals surface area (Å²) in [4.78, 5) is 0. The van der Waals surface area contributed by atoms with Gasteiger partial charge in [-0.1, -0.05) is 32.6 Å². The molecule has 2 heteroatoms. The Bertz CT molecular complexity index is 192. The normalized spacial score (nSPS) is 19.8. The highest BCUT2D eigenvalue weighted by Crippen LogP contribution is 2.28. The first kappa shape index (κ1) is 15.0. The van der Waals surface area contributed by atoms with Gasteiger partial charge >= 0.3 is 0 Å². The number of hydrogen-bond acceptors (Lipinski definition) is 2. The molecule has 17 heavy (non-hydrogen) atoms. The van der Waals surface area contributed by atoms with Crippen LogP contribution in [0.3, 0.4) is 0 Å². The minimum Gasteiger partial charge on any atom is -0.374 e. The van der Waals surface area contributed by atoms with Gasteiger partial charge in [-0.3, -0.25) is 0 Å². The molecule has 0 bridgehead atoms. The molecule has 0 aromatic rings. The molecule has 0 heterocycles. The summed E-state index contributed by atoms with van der Waals surface area (Å²) in [6.07, 6.45) is 8.24. The summed E-state index contributed by atoms with van der Waals surface area (Å²) in [6, 6.07) is 0.553. The Kier molecular flexibility index (Phi) is 6.50. The standard InChI is InChI=1S/C15H31NO/c1-5-10-16-14(12-17-15(2,3)4)11-13-8-6-7-9-13/h13-14,16H,5-12H2,1-4H3. The van der Waals surface area contributed by atoms with E-state index < -0.39 is 0 Å². The van der Waals surface area contributed by atoms with Crippen LogP contribution < -0.4 is 5.32 Å². The molecule has 0 saturated heterocycles. The molecule has 102 valence electrons. The summed E-state index contributed by atoms with van der Waals surface area (Å²) in [7, 11) is 0. The summed E-state index contributed by atoms with van der Waals surface area (Å²) in [5.41, 5.74) is -0.0121. The van der Waals surface area contributed by atoms with Crippen LogP contribution in [0.2, 0.25) is 0 Å². The maximum Gasteiger partial charge on any atom is 0.0626 e. The van der Waals surface area contributed by atoms with E-state index in [0.29, 0.717) is 6.04 Å². The fourth-order valence-electron chi connectivity index (χ4n) is 2.56. The van der Waals surface area contributed by atoms with Crippen LogP contribution in [0.1, 0.15) is 66.2 Å². The zero-order chi connectivity index (χ0) is 12.7. The lowest BCUT2D eigenvalue weighted by molar-refractivity contribution is -0.0171. The van der Waals surface area contributed by atoms with Crippen molar-refractivity contribution in [1.29, 1.82) is 0 Å². The van der Waals surface area contributed by atoms with Gasteiger partial charge in [-0.05, 0) is 46.1 Å². The van der Waals surface area contributed by atoms with Gasteiger partial charge in [0.2, 0.25) is 0 Å². The second-order valence-corrected chi connectivity index (χ2v) is 6.46. The third-order valence-corrected chi connectivity index (χ3v) is 3.49. The molecule has 1 aliphatic rings. The maximum atomic E-state index is 5.94. The Morgan fingerprint density at radius 2 is 1.88 bits per heavy atom. The van der Waals surface area contributed by atoms with Crippen LogP contribution in [-0.2, 0) is 4.74 Å². The van der Waals surface area contributed by atoms with Crippen LogP contribution in [0.5, 0.6) is 0 Å². The molecule has 0 aromatic heterocycles. The Morgan fingerprint density at radius 1 is 1.24 bits per heavy atom. The third kappa shape index (κ3) is 7.05. The van der Waals surface area contributed by atoms with E-state index in [1.165, 1.54) is 38.5 Å². The largest absolute Gasteiger partial charge is 0.374 e. The number of hydrogen-bond donors (Lipinski definition) is 1. The summed E-state index contributed by atoms with van der Waals surface area (Å²) in [5, 5.41) is 3.64. The first-order chi connectivity index (χ1) is 8.01. The lowest BCUT2D eigenvalue weighted by Crippen LogP contribution is -2.38. The van der Waals surface area contributed by atoms with Crippen LogP contribution in [-0.4, -0.2) is 24.8 Å². The SMILES string of the molecule is CCCNC(COC(C)(C)C)CC1CCCC1. The molecule has 2 nitrogen and oxygen atoms in total. The third-order valence-electron chi connectivity index (χ3n) is 3.49. The summed E-state index contributed by atoms with van der Waals surface area (Å²) in [6.45, 7) is 10.6. The molecule has 1 aliphatic carbocycles. The van der Waals surface area contributed by atoms with Gasteiger partial charge in [0, 0.05) is 6.04 Å². The second kappa shape index (κ2) is 7.38. The average Bonchev–Trinajstić information content (AvgIpc) is 2.73. The van der Waals surface area contributed by atoms with Crippen molar-refractivity contribution in [2.75, 3.05) is 13.2 Å². The molecule has 0 aliphatic heterocycles. The quantitative estimate of drug-likeness (QED) is 0.733. The minimum absolute atomic E-state index is 0.0121. The van der Waals surface area contributed by atoms with Crippen LogP contribution in [0.15, 0.2) is 0 Å². The van der Waals surface area contributed by atoms with Crippen LogP contribution in [0.4, 0.5) is 0 Å². The highest BCUT2D eigenvalue weighted by atomic mass is 16.5. The molecular formula is C15H31NO. The van der Waals surface area contributed by atoms with Crippen molar-refractivity contribution in [3.63, 3.8) is 0 Å². The van der Waals surface area contributed by atoms with Crippen LogP contribution in [0.25, 0.3) is 0 Å². The molecule has 1 unspecified atom stereocenters. The van der Waals surface area contributed by atoms with E-state index in [1.807, 2.05) is 0 Å². The van der Waals surface area contributed by atoms with Gasteiger partial charge < -0.3 is 10.1 Å². The Balaban J connectivity index is 2.30. The van der Waals surface area contributed by atoms with Crippen molar-refractivity contribution in [2.24, 2.45) is 5.92 Å². The Morgan fingerprint density at radius 3 is 2.41 bits per heavy atom. The van der Waals surface area contributed by atoms with E-state index in [1.54, 1.807) is 0 Å². The van der Waals surface area contributed by atoms with E-state index >= 15 is 0 Å². The zero-order valence-corrected chi connectivity index (χ0v) is 12.2. The van der Waals surface area contributed by atoms with Gasteiger partial charge in [0.1, 0.15) is 0 Å². The molecule has 1 rings (SSSR count). The molecule has 1 atom stereocenters. The van der Waals surface area contributed by atoms with E-state index in [0.717, 1.165) is 19.1 Å². The Hall–Kier alpha value is -0.0800. The Labute approximate surface area is 108 Å². The van der Waals surface area contributed by atoms with Gasteiger partial charge in [-0.2, -0.15) is 0 Å². The molecule has 0 radical (unpaired) electrons. The maximum absolute atomic E-state index is 5.94. The van der Waals surface area contributed by atoms with Gasteiger partial charge in [-0.25, -0.2) is 0 Å². The molecule has 0 amide bonds. The predicted molar refractivity (Wildman–Crippen MR) is 74.4 cm³/mol. The monoisotopic (exact) mass is 241 g/mol. The summed E-state index contributed by atoms with van der Waals surface area (Å²) >= 11 is 0. The molecule has 1 fully saturated rings. The smallest absolute Gasteiger partial charge is 0.0626 e. The zero-order valence-electron chi connectivity index (χ0n) is 12.2. The summed E-state index contributed by atoms with van der Waals surface area (Å²) in [5.74, 6) is 0.938. The van der Waals surface area contributed by atoms with Crippen molar-refractivity contribution in [1.82, 2.24) is 5.32 Å². The number of rotatable bonds is 7. The average molecular weight is 241 g/mol. The van der Waals surface area contributed by atoms with Crippen LogP contribution in [0, 0.1) is 5.92 Å². The first-order valence-corrected chi connectivity index (χ1v) is 7.38. The van der Waals surface area contributed by atoms with Crippen molar-refractivity contribution < 1.29 is 4.74 Å². The van der Waals surface area contributed by atoms with Gasteiger partial charge in [0.25, 0.3) is 0 Å².